The summed E-state index contributed by atoms with van der Waals surface area (Å²) in [5.41, 5.74) is 2.03. The number of rotatable bonds is 9. The topological polar surface area (TPSA) is 53.0 Å². The van der Waals surface area contributed by atoms with Gasteiger partial charge in [0, 0.05) is 26.1 Å². The van der Waals surface area contributed by atoms with Crippen molar-refractivity contribution in [3.8, 4) is 0 Å². The normalized spacial score (nSPS) is 13.7. The lowest BCUT2D eigenvalue weighted by molar-refractivity contribution is 0.119. The molecule has 0 spiro atoms. The van der Waals surface area contributed by atoms with E-state index in [0.29, 0.717) is 13.1 Å². The second kappa shape index (κ2) is 13.2. The summed E-state index contributed by atoms with van der Waals surface area (Å²) in [6.07, 6.45) is -0.00230. The summed E-state index contributed by atoms with van der Waals surface area (Å²) in [6, 6.07) is 6.69. The van der Waals surface area contributed by atoms with Gasteiger partial charge in [-0.15, -0.1) is 35.3 Å². The number of aromatic nitrogens is 1. The molecule has 30 heavy (non-hydrogen) atoms. The van der Waals surface area contributed by atoms with Crippen LogP contribution in [-0.2, 0) is 11.3 Å². The van der Waals surface area contributed by atoms with Gasteiger partial charge >= 0.3 is 0 Å². The predicted molar refractivity (Wildman–Crippen MR) is 133 cm³/mol. The Morgan fingerprint density at radius 1 is 1.27 bits per heavy atom. The van der Waals surface area contributed by atoms with E-state index >= 15 is 0 Å². The molecule has 168 valence electrons. The maximum atomic E-state index is 13.3. The second-order valence-electron chi connectivity index (χ2n) is 7.14. The van der Waals surface area contributed by atoms with Crippen molar-refractivity contribution in [2.75, 3.05) is 41.3 Å². The number of halogens is 2. The first kappa shape index (κ1) is 26.7. The van der Waals surface area contributed by atoms with E-state index in [2.05, 4.69) is 25.5 Å². The highest BCUT2D eigenvalue weighted by atomic mass is 127. The molecule has 6 nitrogen and oxygen atoms in total. The molecular weight excluding hydrogens is 516 g/mol. The van der Waals surface area contributed by atoms with Crippen molar-refractivity contribution >= 4 is 41.3 Å². The van der Waals surface area contributed by atoms with Gasteiger partial charge in [0.15, 0.2) is 5.96 Å². The van der Waals surface area contributed by atoms with Crippen LogP contribution in [0.1, 0.15) is 42.3 Å². The molecule has 1 heterocycles. The van der Waals surface area contributed by atoms with Gasteiger partial charge in [-0.05, 0) is 45.6 Å². The Labute approximate surface area is 200 Å². The lowest BCUT2D eigenvalue weighted by Crippen LogP contribution is -2.39. The molecule has 0 aliphatic carbocycles. The van der Waals surface area contributed by atoms with E-state index in [9.17, 15) is 4.39 Å². The number of hydrogen-bond donors (Lipinski definition) is 1. The van der Waals surface area contributed by atoms with Crippen LogP contribution in [0.15, 0.2) is 34.6 Å². The molecule has 2 unspecified atom stereocenters. The van der Waals surface area contributed by atoms with E-state index < -0.39 is 0 Å². The van der Waals surface area contributed by atoms with Gasteiger partial charge in [-0.3, -0.25) is 4.99 Å². The molecule has 1 aromatic heterocycles. The Morgan fingerprint density at radius 3 is 2.50 bits per heavy atom. The van der Waals surface area contributed by atoms with Crippen LogP contribution < -0.4 is 5.32 Å². The monoisotopic (exact) mass is 549 g/mol. The number of hydrogen-bond acceptors (Lipinski definition) is 5. The van der Waals surface area contributed by atoms with Crippen LogP contribution in [-0.4, -0.2) is 62.1 Å². The predicted octanol–water partition coefficient (Wildman–Crippen LogP) is 4.31. The highest BCUT2D eigenvalue weighted by Crippen LogP contribution is 2.21. The number of methoxy groups -OCH3 is 1. The molecule has 0 saturated heterocycles. The molecule has 0 aliphatic heterocycles. The molecule has 1 aromatic carbocycles. The van der Waals surface area contributed by atoms with Crippen molar-refractivity contribution in [2.45, 2.75) is 32.5 Å². The maximum Gasteiger partial charge on any atom is 0.194 e. The molecule has 0 bridgehead atoms. The molecule has 0 fully saturated rings. The fraction of sp³-hybridized carbons (Fsp3) is 0.524. The van der Waals surface area contributed by atoms with Crippen molar-refractivity contribution in [3.05, 3.63) is 51.7 Å². The minimum atomic E-state index is -0.228. The van der Waals surface area contributed by atoms with Crippen molar-refractivity contribution in [2.24, 2.45) is 4.99 Å². The van der Waals surface area contributed by atoms with Gasteiger partial charge in [0.2, 0.25) is 0 Å². The summed E-state index contributed by atoms with van der Waals surface area (Å²) < 4.78 is 18.6. The summed E-state index contributed by atoms with van der Waals surface area (Å²) in [7, 11) is 7.71. The van der Waals surface area contributed by atoms with Gasteiger partial charge in [-0.25, -0.2) is 9.37 Å². The molecule has 0 aliphatic rings. The number of ether oxygens (including phenoxy) is 1. The average molecular weight is 549 g/mol. The number of nitrogens with one attached hydrogen (secondary N) is 1. The Bertz CT molecular complexity index is 784. The lowest BCUT2D eigenvalue weighted by Gasteiger charge is -2.26. The summed E-state index contributed by atoms with van der Waals surface area (Å²) in [4.78, 5) is 13.7. The maximum absolute atomic E-state index is 13.3. The van der Waals surface area contributed by atoms with E-state index in [1.165, 1.54) is 12.1 Å². The summed E-state index contributed by atoms with van der Waals surface area (Å²) >= 11 is 1.61. The quantitative estimate of drug-likeness (QED) is 0.287. The number of benzene rings is 1. The Balaban J connectivity index is 0.00000450. The zero-order valence-electron chi connectivity index (χ0n) is 18.6. The lowest BCUT2D eigenvalue weighted by atomic mass is 10.1. The van der Waals surface area contributed by atoms with E-state index in [-0.39, 0.29) is 41.9 Å². The smallest absolute Gasteiger partial charge is 0.194 e. The molecule has 2 rings (SSSR count). The Kier molecular flexibility index (Phi) is 11.7. The first-order valence-corrected chi connectivity index (χ1v) is 10.6. The zero-order valence-corrected chi connectivity index (χ0v) is 21.7. The molecule has 2 aromatic rings. The van der Waals surface area contributed by atoms with Crippen LogP contribution in [0, 0.1) is 5.82 Å². The van der Waals surface area contributed by atoms with Crippen LogP contribution in [0.4, 0.5) is 4.39 Å². The van der Waals surface area contributed by atoms with Crippen LogP contribution in [0.2, 0.25) is 0 Å². The number of guanidine groups is 1. The van der Waals surface area contributed by atoms with Crippen LogP contribution in [0.25, 0.3) is 0 Å². The fourth-order valence-electron chi connectivity index (χ4n) is 2.90. The van der Waals surface area contributed by atoms with Gasteiger partial charge in [0.05, 0.1) is 24.8 Å². The molecule has 0 amide bonds. The number of thiazole rings is 1. The molecule has 0 saturated carbocycles. The zero-order chi connectivity index (χ0) is 21.4. The van der Waals surface area contributed by atoms with Crippen molar-refractivity contribution < 1.29 is 9.13 Å². The number of likely N-dealkylation sites (N-methyl/N-ethyl adjacent to an activating group) is 1. The van der Waals surface area contributed by atoms with Crippen LogP contribution >= 0.6 is 35.3 Å². The van der Waals surface area contributed by atoms with E-state index in [0.717, 1.165) is 28.8 Å². The van der Waals surface area contributed by atoms with Gasteiger partial charge < -0.3 is 19.9 Å². The minimum absolute atomic E-state index is 0. The fourth-order valence-corrected chi connectivity index (χ4v) is 3.74. The number of aliphatic imine (C=N–C) groups is 1. The summed E-state index contributed by atoms with van der Waals surface area (Å²) in [6.45, 7) is 6.04. The van der Waals surface area contributed by atoms with Crippen molar-refractivity contribution in [1.82, 2.24) is 20.1 Å². The first-order valence-electron chi connectivity index (χ1n) is 9.74. The Morgan fingerprint density at radius 2 is 1.93 bits per heavy atom. The average Bonchev–Trinajstić information content (AvgIpc) is 3.16. The van der Waals surface area contributed by atoms with Gasteiger partial charge in [-0.2, -0.15) is 0 Å². The Hall–Kier alpha value is -1.30. The largest absolute Gasteiger partial charge is 0.375 e. The highest BCUT2D eigenvalue weighted by Gasteiger charge is 2.16. The third-order valence-corrected chi connectivity index (χ3v) is 5.71. The molecule has 1 N–H and O–H groups in total. The van der Waals surface area contributed by atoms with Gasteiger partial charge in [-0.1, -0.05) is 12.1 Å². The third kappa shape index (κ3) is 7.75. The van der Waals surface area contributed by atoms with E-state index in [1.54, 1.807) is 18.4 Å². The molecule has 2 atom stereocenters. The minimum Gasteiger partial charge on any atom is -0.375 e. The van der Waals surface area contributed by atoms with Gasteiger partial charge in [0.25, 0.3) is 0 Å². The summed E-state index contributed by atoms with van der Waals surface area (Å²) in [5.74, 6) is 0.587. The molecule has 0 radical (unpaired) electrons. The van der Waals surface area contributed by atoms with E-state index in [4.69, 9.17) is 9.73 Å². The molecular formula is C21H33FIN5OS. The number of nitrogens with zero attached hydrogens (tertiary/aromatic N) is 4. The standard InChI is InChI=1S/C21H32FN5OS.HI/c1-7-23-21(27(5)13-18-14-29-20(25-18)15(2)28-6)24-12-19(26(3)4)16-8-10-17(22)11-9-16;/h8-11,14-15,19H,7,12-13H2,1-6H3,(H,23,24);1H. The molecule has 9 heteroatoms. The van der Waals surface area contributed by atoms with Crippen molar-refractivity contribution in [3.63, 3.8) is 0 Å². The SMILES string of the molecule is CCNC(=NCC(c1ccc(F)cc1)N(C)C)N(C)Cc1csc(C(C)OC)n1.I. The third-order valence-electron chi connectivity index (χ3n) is 4.66. The second-order valence-corrected chi connectivity index (χ2v) is 8.03. The van der Waals surface area contributed by atoms with E-state index in [1.807, 2.05) is 47.1 Å². The van der Waals surface area contributed by atoms with Gasteiger partial charge in [0.1, 0.15) is 16.9 Å². The van der Waals surface area contributed by atoms with Crippen LogP contribution in [0.3, 0.4) is 0 Å². The summed E-state index contributed by atoms with van der Waals surface area (Å²) in [5, 5.41) is 6.38. The van der Waals surface area contributed by atoms with Crippen molar-refractivity contribution in [1.29, 1.82) is 0 Å². The highest BCUT2D eigenvalue weighted by molar-refractivity contribution is 14.0. The first-order chi connectivity index (χ1) is 13.8. The van der Waals surface area contributed by atoms with Crippen LogP contribution in [0.5, 0.6) is 0 Å².